The molecular formula is C14H30N2S. The smallest absolute Gasteiger partial charge is 0.0110 e. The molecule has 1 aliphatic heterocycles. The Kier molecular flexibility index (Phi) is 9.21. The maximum absolute atomic E-state index is 4.24. The van der Waals surface area contributed by atoms with Crippen molar-refractivity contribution in [3.63, 3.8) is 0 Å². The molecule has 3 heteroatoms. The van der Waals surface area contributed by atoms with Gasteiger partial charge in [-0.15, -0.1) is 0 Å². The summed E-state index contributed by atoms with van der Waals surface area (Å²) in [4.78, 5) is 5.05. The minimum absolute atomic E-state index is 1.06. The Balaban J connectivity index is 1.81. The van der Waals surface area contributed by atoms with Crippen LogP contribution in [0.3, 0.4) is 0 Å². The van der Waals surface area contributed by atoms with Crippen molar-refractivity contribution in [2.45, 2.75) is 44.9 Å². The van der Waals surface area contributed by atoms with E-state index in [9.17, 15) is 0 Å². The van der Waals surface area contributed by atoms with Gasteiger partial charge in [0, 0.05) is 26.2 Å². The summed E-state index contributed by atoms with van der Waals surface area (Å²) in [6.45, 7) is 6.38. The SMILES string of the molecule is CN1CCN(CCCCCCCCCS)CC1. The lowest BCUT2D eigenvalue weighted by molar-refractivity contribution is 0.152. The standard InChI is InChI=1S/C14H30N2S/c1-15-10-12-16(13-11-15)9-7-5-3-2-4-6-8-14-17/h17H,2-14H2,1H3. The molecule has 2 nitrogen and oxygen atoms in total. The fourth-order valence-electron chi connectivity index (χ4n) is 2.40. The molecule has 0 spiro atoms. The lowest BCUT2D eigenvalue weighted by atomic mass is 10.1. The van der Waals surface area contributed by atoms with Crippen molar-refractivity contribution in [3.05, 3.63) is 0 Å². The molecule has 1 rings (SSSR count). The van der Waals surface area contributed by atoms with E-state index in [0.717, 1.165) is 5.75 Å². The van der Waals surface area contributed by atoms with E-state index in [1.165, 1.54) is 77.7 Å². The monoisotopic (exact) mass is 258 g/mol. The number of piperazine rings is 1. The van der Waals surface area contributed by atoms with E-state index in [1.807, 2.05) is 0 Å². The molecule has 1 fully saturated rings. The molecular weight excluding hydrogens is 228 g/mol. The molecule has 1 aliphatic rings. The largest absolute Gasteiger partial charge is 0.304 e. The van der Waals surface area contributed by atoms with Crippen molar-refractivity contribution >= 4 is 12.6 Å². The van der Waals surface area contributed by atoms with Gasteiger partial charge in [-0.2, -0.15) is 12.6 Å². The quantitative estimate of drug-likeness (QED) is 0.502. The second kappa shape index (κ2) is 10.2. The molecule has 0 aliphatic carbocycles. The Morgan fingerprint density at radius 3 is 1.88 bits per heavy atom. The van der Waals surface area contributed by atoms with Crippen LogP contribution in [-0.4, -0.2) is 55.3 Å². The summed E-state index contributed by atoms with van der Waals surface area (Å²) in [6, 6.07) is 0. The first-order chi connectivity index (χ1) is 8.33. The topological polar surface area (TPSA) is 6.48 Å². The molecule has 0 aromatic rings. The molecule has 0 atom stereocenters. The molecule has 0 aromatic heterocycles. The second-order valence-corrected chi connectivity index (χ2v) is 5.79. The zero-order valence-corrected chi connectivity index (χ0v) is 12.4. The van der Waals surface area contributed by atoms with Gasteiger partial charge in [0.25, 0.3) is 0 Å². The van der Waals surface area contributed by atoms with Gasteiger partial charge >= 0.3 is 0 Å². The first-order valence-corrected chi connectivity index (χ1v) is 7.98. The summed E-state index contributed by atoms with van der Waals surface area (Å²) in [6.07, 6.45) is 9.77. The Morgan fingerprint density at radius 1 is 0.765 bits per heavy atom. The Hall–Kier alpha value is 0.270. The number of rotatable bonds is 9. The average Bonchev–Trinajstić information content (AvgIpc) is 2.35. The van der Waals surface area contributed by atoms with Crippen LogP contribution >= 0.6 is 12.6 Å². The van der Waals surface area contributed by atoms with Crippen LogP contribution in [0.4, 0.5) is 0 Å². The van der Waals surface area contributed by atoms with Gasteiger partial charge in [0.05, 0.1) is 0 Å². The van der Waals surface area contributed by atoms with E-state index in [0.29, 0.717) is 0 Å². The zero-order valence-electron chi connectivity index (χ0n) is 11.5. The third-order valence-electron chi connectivity index (χ3n) is 3.73. The lowest BCUT2D eigenvalue weighted by Gasteiger charge is -2.32. The third kappa shape index (κ3) is 8.06. The summed E-state index contributed by atoms with van der Waals surface area (Å²) in [7, 11) is 2.22. The first kappa shape index (κ1) is 15.3. The van der Waals surface area contributed by atoms with E-state index < -0.39 is 0 Å². The Bertz CT molecular complexity index is 168. The summed E-state index contributed by atoms with van der Waals surface area (Å²) in [5, 5.41) is 0. The van der Waals surface area contributed by atoms with Crippen LogP contribution in [0.25, 0.3) is 0 Å². The molecule has 0 bridgehead atoms. The van der Waals surface area contributed by atoms with E-state index in [4.69, 9.17) is 0 Å². The maximum Gasteiger partial charge on any atom is 0.0110 e. The van der Waals surface area contributed by atoms with Crippen LogP contribution in [-0.2, 0) is 0 Å². The third-order valence-corrected chi connectivity index (χ3v) is 4.04. The number of nitrogens with zero attached hydrogens (tertiary/aromatic N) is 2. The van der Waals surface area contributed by atoms with Gasteiger partial charge in [0.15, 0.2) is 0 Å². The molecule has 1 saturated heterocycles. The number of hydrogen-bond acceptors (Lipinski definition) is 3. The normalized spacial score (nSPS) is 18.7. The second-order valence-electron chi connectivity index (χ2n) is 5.34. The van der Waals surface area contributed by atoms with Gasteiger partial charge in [-0.1, -0.05) is 32.1 Å². The van der Waals surface area contributed by atoms with Crippen LogP contribution in [0, 0.1) is 0 Å². The average molecular weight is 258 g/mol. The van der Waals surface area contributed by atoms with Gasteiger partial charge in [-0.25, -0.2) is 0 Å². The highest BCUT2D eigenvalue weighted by Crippen LogP contribution is 2.09. The van der Waals surface area contributed by atoms with E-state index in [-0.39, 0.29) is 0 Å². The van der Waals surface area contributed by atoms with E-state index >= 15 is 0 Å². The molecule has 102 valence electrons. The summed E-state index contributed by atoms with van der Waals surface area (Å²) >= 11 is 4.24. The molecule has 0 saturated carbocycles. The molecule has 0 amide bonds. The van der Waals surface area contributed by atoms with Crippen molar-refractivity contribution in [3.8, 4) is 0 Å². The molecule has 1 heterocycles. The fourth-order valence-corrected chi connectivity index (χ4v) is 2.63. The summed E-state index contributed by atoms with van der Waals surface area (Å²) in [5.41, 5.74) is 0. The lowest BCUT2D eigenvalue weighted by Crippen LogP contribution is -2.44. The molecule has 0 unspecified atom stereocenters. The fraction of sp³-hybridized carbons (Fsp3) is 1.00. The van der Waals surface area contributed by atoms with Crippen molar-refractivity contribution in [2.75, 3.05) is 45.5 Å². The predicted molar refractivity (Wildman–Crippen MR) is 80.1 cm³/mol. The van der Waals surface area contributed by atoms with Crippen LogP contribution in [0.1, 0.15) is 44.9 Å². The minimum Gasteiger partial charge on any atom is -0.304 e. The van der Waals surface area contributed by atoms with Gasteiger partial charge in [0.2, 0.25) is 0 Å². The van der Waals surface area contributed by atoms with Crippen LogP contribution < -0.4 is 0 Å². The van der Waals surface area contributed by atoms with Crippen molar-refractivity contribution in [1.82, 2.24) is 9.80 Å². The molecule has 0 N–H and O–H groups in total. The van der Waals surface area contributed by atoms with Crippen LogP contribution in [0.5, 0.6) is 0 Å². The van der Waals surface area contributed by atoms with Crippen LogP contribution in [0.2, 0.25) is 0 Å². The zero-order chi connectivity index (χ0) is 12.3. The molecule has 0 aromatic carbocycles. The minimum atomic E-state index is 1.06. The highest BCUT2D eigenvalue weighted by molar-refractivity contribution is 7.80. The van der Waals surface area contributed by atoms with Gasteiger partial charge < -0.3 is 9.80 Å². The summed E-state index contributed by atoms with van der Waals surface area (Å²) in [5.74, 6) is 1.06. The summed E-state index contributed by atoms with van der Waals surface area (Å²) < 4.78 is 0. The number of likely N-dealkylation sites (N-methyl/N-ethyl adjacent to an activating group) is 1. The maximum atomic E-state index is 4.24. The van der Waals surface area contributed by atoms with Gasteiger partial charge in [0.1, 0.15) is 0 Å². The van der Waals surface area contributed by atoms with E-state index in [2.05, 4.69) is 29.5 Å². The highest BCUT2D eigenvalue weighted by atomic mass is 32.1. The Labute approximate surface area is 113 Å². The van der Waals surface area contributed by atoms with Crippen LogP contribution in [0.15, 0.2) is 0 Å². The van der Waals surface area contributed by atoms with Gasteiger partial charge in [-0.3, -0.25) is 0 Å². The van der Waals surface area contributed by atoms with E-state index in [1.54, 1.807) is 0 Å². The van der Waals surface area contributed by atoms with Gasteiger partial charge in [-0.05, 0) is 32.2 Å². The Morgan fingerprint density at radius 2 is 1.29 bits per heavy atom. The number of hydrogen-bond donors (Lipinski definition) is 1. The molecule has 0 radical (unpaired) electrons. The van der Waals surface area contributed by atoms with Crippen molar-refractivity contribution < 1.29 is 0 Å². The molecule has 17 heavy (non-hydrogen) atoms. The highest BCUT2D eigenvalue weighted by Gasteiger charge is 2.12. The number of unbranched alkanes of at least 4 members (excludes halogenated alkanes) is 6. The first-order valence-electron chi connectivity index (χ1n) is 7.34. The van der Waals surface area contributed by atoms with Crippen molar-refractivity contribution in [1.29, 1.82) is 0 Å². The number of thiol groups is 1. The predicted octanol–water partition coefficient (Wildman–Crippen LogP) is 2.89. The van der Waals surface area contributed by atoms with Crippen molar-refractivity contribution in [2.24, 2.45) is 0 Å².